The number of fused-ring (bicyclic) bond motifs is 1. The van der Waals surface area contributed by atoms with Crippen LogP contribution in [0.3, 0.4) is 0 Å². The second-order valence-corrected chi connectivity index (χ2v) is 9.23. The molecule has 0 amide bonds. The van der Waals surface area contributed by atoms with E-state index in [1.165, 1.54) is 17.5 Å². The average molecular weight is 458 g/mol. The summed E-state index contributed by atoms with van der Waals surface area (Å²) in [6.07, 6.45) is 6.38. The minimum atomic E-state index is -0.407. The van der Waals surface area contributed by atoms with E-state index in [9.17, 15) is 4.39 Å². The molecule has 168 valence electrons. The van der Waals surface area contributed by atoms with Gasteiger partial charge in [0.25, 0.3) is 5.19 Å². The van der Waals surface area contributed by atoms with Crippen molar-refractivity contribution in [3.8, 4) is 16.5 Å². The summed E-state index contributed by atoms with van der Waals surface area (Å²) in [5.74, 6) is 0.979. The first-order valence-electron chi connectivity index (χ1n) is 10.7. The minimum absolute atomic E-state index is 0.0130. The van der Waals surface area contributed by atoms with Gasteiger partial charge in [0.1, 0.15) is 6.10 Å². The Hall–Kier alpha value is -3.08. The number of anilines is 1. The van der Waals surface area contributed by atoms with Crippen LogP contribution < -0.4 is 9.64 Å². The highest BCUT2D eigenvalue weighted by atomic mass is 32.1. The molecule has 0 bridgehead atoms. The van der Waals surface area contributed by atoms with Crippen molar-refractivity contribution in [1.29, 1.82) is 0 Å². The molecule has 1 aliphatic rings. The molecule has 0 spiro atoms. The second kappa shape index (κ2) is 8.45. The van der Waals surface area contributed by atoms with Crippen LogP contribution in [-0.4, -0.2) is 48.9 Å². The van der Waals surface area contributed by atoms with E-state index in [2.05, 4.69) is 37.0 Å². The van der Waals surface area contributed by atoms with E-state index in [-0.39, 0.29) is 12.0 Å². The third-order valence-corrected chi connectivity index (χ3v) is 6.59. The zero-order valence-corrected chi connectivity index (χ0v) is 18.9. The van der Waals surface area contributed by atoms with Crippen LogP contribution in [0.25, 0.3) is 16.2 Å². The fraction of sp³-hybridized carbons (Fsp3) is 0.476. The molecule has 1 saturated heterocycles. The maximum Gasteiger partial charge on any atom is 0.324 e. The van der Waals surface area contributed by atoms with Gasteiger partial charge in [-0.2, -0.15) is 4.98 Å². The Kier molecular flexibility index (Phi) is 5.50. The third kappa shape index (κ3) is 4.04. The summed E-state index contributed by atoms with van der Waals surface area (Å²) >= 11 is 1.35. The molecule has 0 unspecified atom stereocenters. The van der Waals surface area contributed by atoms with Crippen molar-refractivity contribution in [3.05, 3.63) is 36.3 Å². The predicted molar refractivity (Wildman–Crippen MR) is 117 cm³/mol. The molecule has 0 N–H and O–H groups in total. The van der Waals surface area contributed by atoms with E-state index in [0.717, 1.165) is 31.8 Å². The number of nitrogens with zero attached hydrogens (tertiary/aromatic N) is 7. The molecule has 1 aliphatic heterocycles. The van der Waals surface area contributed by atoms with Crippen LogP contribution in [0.4, 0.5) is 10.4 Å². The maximum atomic E-state index is 14.0. The van der Waals surface area contributed by atoms with Gasteiger partial charge in [-0.25, -0.2) is 13.9 Å². The van der Waals surface area contributed by atoms with Gasteiger partial charge >= 0.3 is 6.01 Å². The molecule has 5 heterocycles. The van der Waals surface area contributed by atoms with Crippen molar-refractivity contribution in [1.82, 2.24) is 29.7 Å². The number of pyridine rings is 1. The molecule has 5 rings (SSSR count). The summed E-state index contributed by atoms with van der Waals surface area (Å²) in [7, 11) is 0. The summed E-state index contributed by atoms with van der Waals surface area (Å²) in [5, 5.41) is 9.09. The van der Waals surface area contributed by atoms with Crippen LogP contribution in [0.5, 0.6) is 5.19 Å². The molecule has 11 heteroatoms. The number of hydrogen-bond acceptors (Lipinski definition) is 9. The average Bonchev–Trinajstić information content (AvgIpc) is 3.49. The number of piperidine rings is 1. The maximum absolute atomic E-state index is 14.0. The van der Waals surface area contributed by atoms with Crippen LogP contribution in [0.1, 0.15) is 45.4 Å². The Labute approximate surface area is 188 Å². The Morgan fingerprint density at radius 3 is 2.72 bits per heavy atom. The Bertz CT molecular complexity index is 1180. The van der Waals surface area contributed by atoms with Gasteiger partial charge in [0.05, 0.1) is 18.1 Å². The third-order valence-electron chi connectivity index (χ3n) is 5.78. The highest BCUT2D eigenvalue weighted by Gasteiger charge is 2.28. The highest BCUT2D eigenvalue weighted by molar-refractivity contribution is 7.18. The molecule has 0 saturated carbocycles. The molecule has 1 atom stereocenters. The number of imidazole rings is 1. The number of halogens is 1. The van der Waals surface area contributed by atoms with Gasteiger partial charge in [-0.3, -0.25) is 4.98 Å². The SMILES string of the molecule is CC(C)c1noc(N2CCC([C@H](C)Oc3nn4cc(-c5ccncc5F)nc4s3)CC2)n1. The lowest BCUT2D eigenvalue weighted by Crippen LogP contribution is -2.38. The molecule has 9 nitrogen and oxygen atoms in total. The molecule has 32 heavy (non-hydrogen) atoms. The van der Waals surface area contributed by atoms with Crippen molar-refractivity contribution >= 4 is 22.3 Å². The van der Waals surface area contributed by atoms with Crippen molar-refractivity contribution in [3.63, 3.8) is 0 Å². The van der Waals surface area contributed by atoms with E-state index >= 15 is 0 Å². The molecule has 4 aromatic rings. The molecule has 0 aromatic carbocycles. The molecule has 1 fully saturated rings. The molecular formula is C21H24FN7O2S. The summed E-state index contributed by atoms with van der Waals surface area (Å²) in [4.78, 5) is 15.6. The predicted octanol–water partition coefficient (Wildman–Crippen LogP) is 4.18. The van der Waals surface area contributed by atoms with Crippen LogP contribution in [0.15, 0.2) is 29.2 Å². The summed E-state index contributed by atoms with van der Waals surface area (Å²) in [6, 6.07) is 2.20. The van der Waals surface area contributed by atoms with Gasteiger partial charge in [0.2, 0.25) is 4.96 Å². The van der Waals surface area contributed by atoms with Crippen molar-refractivity contribution < 1.29 is 13.7 Å². The number of hydrogen-bond donors (Lipinski definition) is 0. The van der Waals surface area contributed by atoms with E-state index in [1.807, 2.05) is 13.8 Å². The largest absolute Gasteiger partial charge is 0.466 e. The van der Waals surface area contributed by atoms with Gasteiger partial charge in [0, 0.05) is 30.8 Å². The lowest BCUT2D eigenvalue weighted by Gasteiger charge is -2.33. The smallest absolute Gasteiger partial charge is 0.324 e. The fourth-order valence-electron chi connectivity index (χ4n) is 3.85. The van der Waals surface area contributed by atoms with Crippen LogP contribution in [0.2, 0.25) is 0 Å². The Morgan fingerprint density at radius 1 is 1.22 bits per heavy atom. The lowest BCUT2D eigenvalue weighted by molar-refractivity contribution is 0.130. The second-order valence-electron chi connectivity index (χ2n) is 8.31. The van der Waals surface area contributed by atoms with Gasteiger partial charge in [0.15, 0.2) is 11.6 Å². The van der Waals surface area contributed by atoms with E-state index < -0.39 is 5.82 Å². The van der Waals surface area contributed by atoms with Gasteiger partial charge in [-0.1, -0.05) is 19.0 Å². The highest BCUT2D eigenvalue weighted by Crippen LogP contribution is 2.31. The molecule has 0 aliphatic carbocycles. The Balaban J connectivity index is 1.20. The van der Waals surface area contributed by atoms with Crippen molar-refractivity contribution in [2.75, 3.05) is 18.0 Å². The van der Waals surface area contributed by atoms with Crippen LogP contribution in [-0.2, 0) is 0 Å². The standard InChI is InChI=1S/C21H24FN7O2S/c1-12(2)18-25-19(31-27-18)28-8-5-14(6-9-28)13(3)30-21-26-29-11-17(24-20(29)32-21)15-4-7-23-10-16(15)22/h4,7,10-14H,5-6,8-9H2,1-3H3/t13-/m0/s1. The van der Waals surface area contributed by atoms with E-state index in [0.29, 0.717) is 33.3 Å². The zero-order chi connectivity index (χ0) is 22.2. The minimum Gasteiger partial charge on any atom is -0.466 e. The Morgan fingerprint density at radius 2 is 2.03 bits per heavy atom. The molecule has 0 radical (unpaired) electrons. The number of ether oxygens (including phenoxy) is 1. The van der Waals surface area contributed by atoms with Crippen LogP contribution in [0, 0.1) is 11.7 Å². The molecular weight excluding hydrogens is 433 g/mol. The summed E-state index contributed by atoms with van der Waals surface area (Å²) in [5.41, 5.74) is 0.930. The first-order valence-corrected chi connectivity index (χ1v) is 11.5. The summed E-state index contributed by atoms with van der Waals surface area (Å²) < 4.78 is 27.2. The van der Waals surface area contributed by atoms with E-state index in [1.54, 1.807) is 23.0 Å². The van der Waals surface area contributed by atoms with Gasteiger partial charge < -0.3 is 14.2 Å². The van der Waals surface area contributed by atoms with Crippen LogP contribution >= 0.6 is 11.3 Å². The summed E-state index contributed by atoms with van der Waals surface area (Å²) in [6.45, 7) is 7.87. The normalized spacial score (nSPS) is 16.2. The number of aromatic nitrogens is 6. The quantitative estimate of drug-likeness (QED) is 0.426. The van der Waals surface area contributed by atoms with E-state index in [4.69, 9.17) is 9.26 Å². The fourth-order valence-corrected chi connectivity index (χ4v) is 4.66. The first kappa shape index (κ1) is 20.8. The topological polar surface area (TPSA) is 94.5 Å². The number of rotatable bonds is 6. The molecule has 4 aromatic heterocycles. The van der Waals surface area contributed by atoms with Gasteiger partial charge in [-0.15, -0.1) is 5.10 Å². The van der Waals surface area contributed by atoms with Gasteiger partial charge in [-0.05, 0) is 43.1 Å². The van der Waals surface area contributed by atoms with Crippen molar-refractivity contribution in [2.24, 2.45) is 5.92 Å². The van der Waals surface area contributed by atoms with Crippen molar-refractivity contribution in [2.45, 2.75) is 45.6 Å². The lowest BCUT2D eigenvalue weighted by atomic mass is 9.92. The monoisotopic (exact) mass is 457 g/mol. The first-order chi connectivity index (χ1) is 15.5. The zero-order valence-electron chi connectivity index (χ0n) is 18.1.